The fourth-order valence-electron chi connectivity index (χ4n) is 6.33. The average Bonchev–Trinajstić information content (AvgIpc) is 2.83. The van der Waals surface area contributed by atoms with Crippen molar-refractivity contribution in [1.82, 2.24) is 4.90 Å². The SMILES string of the molecule is CC1(C)CC(=O)C2=C(C1)N(Cc1ccc(C(=O)O)cc1)C1=C(C(=O)CC(C)(C)C1)C2c1cccc([N+](=O)[O-])c1. The first-order chi connectivity index (χ1) is 18.3. The van der Waals surface area contributed by atoms with Crippen molar-refractivity contribution in [2.24, 2.45) is 10.8 Å². The molecule has 202 valence electrons. The minimum Gasteiger partial charge on any atom is -0.478 e. The Hall–Kier alpha value is -4.07. The molecule has 0 radical (unpaired) electrons. The molecule has 0 fully saturated rings. The van der Waals surface area contributed by atoms with Gasteiger partial charge in [0.1, 0.15) is 0 Å². The molecule has 39 heavy (non-hydrogen) atoms. The summed E-state index contributed by atoms with van der Waals surface area (Å²) in [6.45, 7) is 8.59. The van der Waals surface area contributed by atoms with Crippen LogP contribution in [0.3, 0.4) is 0 Å². The summed E-state index contributed by atoms with van der Waals surface area (Å²) >= 11 is 0. The second-order valence-electron chi connectivity index (χ2n) is 12.5. The van der Waals surface area contributed by atoms with Crippen LogP contribution in [-0.4, -0.2) is 32.5 Å². The zero-order chi connectivity index (χ0) is 28.3. The first-order valence-corrected chi connectivity index (χ1v) is 13.1. The van der Waals surface area contributed by atoms with Gasteiger partial charge in [-0.15, -0.1) is 0 Å². The summed E-state index contributed by atoms with van der Waals surface area (Å²) in [5.74, 6) is -1.76. The quantitative estimate of drug-likeness (QED) is 0.364. The highest BCUT2D eigenvalue weighted by Gasteiger charge is 2.49. The van der Waals surface area contributed by atoms with Crippen molar-refractivity contribution in [2.75, 3.05) is 0 Å². The summed E-state index contributed by atoms with van der Waals surface area (Å²) in [4.78, 5) is 52.4. The van der Waals surface area contributed by atoms with E-state index in [0.29, 0.717) is 48.9 Å². The number of hydrogen-bond donors (Lipinski definition) is 1. The van der Waals surface area contributed by atoms with E-state index in [4.69, 9.17) is 0 Å². The van der Waals surface area contributed by atoms with Crippen LogP contribution in [0.5, 0.6) is 0 Å². The Morgan fingerprint density at radius 2 is 1.46 bits per heavy atom. The monoisotopic (exact) mass is 528 g/mol. The number of Topliss-reactive ketones (excluding diaryl/α,β-unsaturated/α-hetero) is 2. The van der Waals surface area contributed by atoms with E-state index in [1.54, 1.807) is 36.4 Å². The smallest absolute Gasteiger partial charge is 0.335 e. The fourth-order valence-corrected chi connectivity index (χ4v) is 6.33. The molecule has 0 saturated carbocycles. The average molecular weight is 529 g/mol. The van der Waals surface area contributed by atoms with E-state index < -0.39 is 16.8 Å². The molecule has 0 bridgehead atoms. The summed E-state index contributed by atoms with van der Waals surface area (Å²) < 4.78 is 0. The number of hydrogen-bond acceptors (Lipinski definition) is 6. The van der Waals surface area contributed by atoms with Crippen LogP contribution < -0.4 is 0 Å². The summed E-state index contributed by atoms with van der Waals surface area (Å²) in [6, 6.07) is 12.9. The van der Waals surface area contributed by atoms with Crippen LogP contribution in [0.15, 0.2) is 71.1 Å². The lowest BCUT2D eigenvalue weighted by molar-refractivity contribution is -0.384. The summed E-state index contributed by atoms with van der Waals surface area (Å²) in [5.41, 5.74) is 3.72. The summed E-state index contributed by atoms with van der Waals surface area (Å²) in [7, 11) is 0. The number of carbonyl (C=O) groups is 3. The lowest BCUT2D eigenvalue weighted by atomic mass is 9.63. The highest BCUT2D eigenvalue weighted by Crippen LogP contribution is 2.54. The molecule has 8 heteroatoms. The Kier molecular flexibility index (Phi) is 6.32. The number of benzene rings is 2. The van der Waals surface area contributed by atoms with Gasteiger partial charge in [-0.25, -0.2) is 4.79 Å². The highest BCUT2D eigenvalue weighted by atomic mass is 16.6. The molecule has 0 saturated heterocycles. The largest absolute Gasteiger partial charge is 0.478 e. The van der Waals surface area contributed by atoms with Gasteiger partial charge in [-0.1, -0.05) is 52.0 Å². The fraction of sp³-hybridized carbons (Fsp3) is 0.387. The maximum Gasteiger partial charge on any atom is 0.335 e. The van der Waals surface area contributed by atoms with Crippen LogP contribution >= 0.6 is 0 Å². The molecular formula is C31H32N2O6. The molecule has 0 spiro atoms. The molecule has 0 aromatic heterocycles. The molecule has 5 rings (SSSR count). The highest BCUT2D eigenvalue weighted by molar-refractivity contribution is 6.06. The summed E-state index contributed by atoms with van der Waals surface area (Å²) in [6.07, 6.45) is 1.86. The minimum absolute atomic E-state index is 0.0480. The lowest BCUT2D eigenvalue weighted by Crippen LogP contribution is -2.44. The van der Waals surface area contributed by atoms with Crippen molar-refractivity contribution in [2.45, 2.75) is 65.8 Å². The maximum absolute atomic E-state index is 13.9. The first kappa shape index (κ1) is 26.5. The van der Waals surface area contributed by atoms with Gasteiger partial charge in [0.2, 0.25) is 0 Å². The number of nitro benzene ring substituents is 1. The van der Waals surface area contributed by atoms with Crippen LogP contribution in [0.2, 0.25) is 0 Å². The van der Waals surface area contributed by atoms with Gasteiger partial charge in [0.15, 0.2) is 11.6 Å². The minimum atomic E-state index is -1.01. The van der Waals surface area contributed by atoms with Crippen LogP contribution in [0.25, 0.3) is 0 Å². The van der Waals surface area contributed by atoms with E-state index in [9.17, 15) is 29.6 Å². The van der Waals surface area contributed by atoms with Crippen molar-refractivity contribution in [1.29, 1.82) is 0 Å². The van der Waals surface area contributed by atoms with Gasteiger partial charge < -0.3 is 10.0 Å². The third-order valence-electron chi connectivity index (χ3n) is 7.98. The molecular weight excluding hydrogens is 496 g/mol. The van der Waals surface area contributed by atoms with Crippen LogP contribution in [-0.2, 0) is 16.1 Å². The Morgan fingerprint density at radius 3 is 1.95 bits per heavy atom. The number of carbonyl (C=O) groups excluding carboxylic acids is 2. The van der Waals surface area contributed by atoms with E-state index in [1.807, 2.05) is 0 Å². The van der Waals surface area contributed by atoms with Gasteiger partial charge in [0.05, 0.1) is 10.5 Å². The van der Waals surface area contributed by atoms with Crippen LogP contribution in [0, 0.1) is 20.9 Å². The van der Waals surface area contributed by atoms with Crippen molar-refractivity contribution in [3.05, 3.63) is 97.9 Å². The van der Waals surface area contributed by atoms with Crippen molar-refractivity contribution in [3.8, 4) is 0 Å². The first-order valence-electron chi connectivity index (χ1n) is 13.1. The normalized spacial score (nSPS) is 20.6. The van der Waals surface area contributed by atoms with Gasteiger partial charge in [0.25, 0.3) is 5.69 Å². The molecule has 1 N–H and O–H groups in total. The second-order valence-corrected chi connectivity index (χ2v) is 12.5. The molecule has 2 aliphatic carbocycles. The molecule has 2 aromatic carbocycles. The predicted octanol–water partition coefficient (Wildman–Crippen LogP) is 6.18. The Labute approximate surface area is 227 Å². The van der Waals surface area contributed by atoms with Gasteiger partial charge in [0, 0.05) is 60.0 Å². The third kappa shape index (κ3) is 4.91. The number of carboxylic acids is 1. The predicted molar refractivity (Wildman–Crippen MR) is 145 cm³/mol. The number of nitrogens with zero attached hydrogens (tertiary/aromatic N) is 2. The van der Waals surface area contributed by atoms with E-state index in [1.165, 1.54) is 12.1 Å². The number of nitro groups is 1. The number of carboxylic acid groups (broad SMARTS) is 1. The molecule has 0 atom stereocenters. The lowest BCUT2D eigenvalue weighted by Gasteiger charge is -2.49. The van der Waals surface area contributed by atoms with Crippen LogP contribution in [0.1, 0.15) is 80.8 Å². The maximum atomic E-state index is 13.9. The van der Waals surface area contributed by atoms with Crippen LogP contribution in [0.4, 0.5) is 5.69 Å². The van der Waals surface area contributed by atoms with E-state index in [2.05, 4.69) is 32.6 Å². The van der Waals surface area contributed by atoms with Gasteiger partial charge in [-0.3, -0.25) is 19.7 Å². The number of aromatic carboxylic acids is 1. The van der Waals surface area contributed by atoms with Gasteiger partial charge >= 0.3 is 5.97 Å². The molecule has 0 unspecified atom stereocenters. The zero-order valence-electron chi connectivity index (χ0n) is 22.6. The molecule has 1 heterocycles. The number of non-ortho nitro benzene ring substituents is 1. The van der Waals surface area contributed by atoms with Crippen molar-refractivity contribution in [3.63, 3.8) is 0 Å². The molecule has 0 amide bonds. The standard InChI is InChI=1S/C31H32N2O6/c1-30(2)13-22-27(24(34)15-30)26(20-6-5-7-21(12-20)33(38)39)28-23(14-31(3,4)16-25(28)35)32(22)17-18-8-10-19(11-9-18)29(36)37/h5-12,26H,13-17H2,1-4H3,(H,36,37). The Balaban J connectivity index is 1.74. The molecule has 2 aromatic rings. The second kappa shape index (κ2) is 9.29. The van der Waals surface area contributed by atoms with Crippen molar-refractivity contribution < 1.29 is 24.4 Å². The Morgan fingerprint density at radius 1 is 0.923 bits per heavy atom. The number of ketones is 2. The third-order valence-corrected chi connectivity index (χ3v) is 7.98. The topological polar surface area (TPSA) is 118 Å². The molecule has 8 nitrogen and oxygen atoms in total. The van der Waals surface area contributed by atoms with E-state index in [-0.39, 0.29) is 33.6 Å². The van der Waals surface area contributed by atoms with Crippen molar-refractivity contribution >= 4 is 23.2 Å². The number of rotatable bonds is 5. The molecule has 1 aliphatic heterocycles. The number of allylic oxidation sites excluding steroid dienone is 4. The van der Waals surface area contributed by atoms with Gasteiger partial charge in [-0.2, -0.15) is 0 Å². The summed E-state index contributed by atoms with van der Waals surface area (Å²) in [5, 5.41) is 21.0. The van der Waals surface area contributed by atoms with E-state index >= 15 is 0 Å². The van der Waals surface area contributed by atoms with Gasteiger partial charge in [-0.05, 0) is 46.9 Å². The molecule has 3 aliphatic rings. The Bertz CT molecular complexity index is 1420. The van der Waals surface area contributed by atoms with E-state index in [0.717, 1.165) is 17.0 Å². The zero-order valence-corrected chi connectivity index (χ0v) is 22.6.